The highest BCUT2D eigenvalue weighted by Crippen LogP contribution is 2.09. The van der Waals surface area contributed by atoms with Crippen LogP contribution in [0.2, 0.25) is 0 Å². The van der Waals surface area contributed by atoms with E-state index in [0.29, 0.717) is 25.8 Å². The van der Waals surface area contributed by atoms with E-state index in [1.165, 1.54) is 0 Å². The molecule has 0 saturated heterocycles. The Kier molecular flexibility index (Phi) is 10.4. The minimum absolute atomic E-state index is 0.0347. The average molecular weight is 373 g/mol. The quantitative estimate of drug-likeness (QED) is 0.337. The molecule has 0 bridgehead atoms. The molecule has 0 saturated carbocycles. The van der Waals surface area contributed by atoms with Crippen molar-refractivity contribution in [2.24, 2.45) is 11.7 Å². The second-order valence-corrected chi connectivity index (χ2v) is 8.03. The van der Waals surface area contributed by atoms with E-state index in [1.54, 1.807) is 6.92 Å². The molecule has 152 valence electrons. The van der Waals surface area contributed by atoms with Crippen LogP contribution >= 0.6 is 0 Å². The lowest BCUT2D eigenvalue weighted by Gasteiger charge is -2.31. The van der Waals surface area contributed by atoms with Gasteiger partial charge in [-0.05, 0) is 59.4 Å². The zero-order chi connectivity index (χ0) is 20.5. The summed E-state index contributed by atoms with van der Waals surface area (Å²) in [6.45, 7) is 11.8. The van der Waals surface area contributed by atoms with Crippen molar-refractivity contribution in [1.29, 1.82) is 0 Å². The number of hydrogen-bond acceptors (Lipinski definition) is 5. The number of carbonyl (C=O) groups is 3. The molecule has 0 aromatic rings. The number of carbonyl (C=O) groups excluding carboxylic acids is 2. The van der Waals surface area contributed by atoms with Crippen LogP contribution < -0.4 is 21.7 Å². The van der Waals surface area contributed by atoms with E-state index < -0.39 is 30.0 Å². The van der Waals surface area contributed by atoms with Gasteiger partial charge < -0.3 is 26.8 Å². The van der Waals surface area contributed by atoms with Gasteiger partial charge in [0.2, 0.25) is 11.8 Å². The van der Waals surface area contributed by atoms with Gasteiger partial charge in [0.25, 0.3) is 0 Å². The van der Waals surface area contributed by atoms with E-state index in [1.807, 2.05) is 34.6 Å². The number of amides is 2. The molecule has 0 aromatic heterocycles. The third-order valence-electron chi connectivity index (χ3n) is 3.85. The van der Waals surface area contributed by atoms with Crippen LogP contribution in [0.1, 0.15) is 60.8 Å². The van der Waals surface area contributed by atoms with E-state index in [0.717, 1.165) is 0 Å². The number of rotatable bonds is 11. The van der Waals surface area contributed by atoms with Gasteiger partial charge in [-0.2, -0.15) is 0 Å². The standard InChI is InChI=1S/C18H36N4O4/c1-11(2)14(22-18(4,5)6)16(24)20-12(3)15(23)21-13(17(25)26)9-7-8-10-19/h11-14,22H,7-10,19H2,1-6H3,(H,20,24)(H,21,23)(H,25,26)/t12-,13-,14-/m0/s1. The van der Waals surface area contributed by atoms with Crippen molar-refractivity contribution in [1.82, 2.24) is 16.0 Å². The Morgan fingerprint density at radius 2 is 1.58 bits per heavy atom. The summed E-state index contributed by atoms with van der Waals surface area (Å²) in [6, 6.07) is -2.27. The Hall–Kier alpha value is -1.67. The maximum absolute atomic E-state index is 12.5. The molecule has 0 radical (unpaired) electrons. The maximum Gasteiger partial charge on any atom is 0.326 e. The number of hydrogen-bond donors (Lipinski definition) is 5. The molecule has 26 heavy (non-hydrogen) atoms. The fourth-order valence-corrected chi connectivity index (χ4v) is 2.42. The molecule has 3 atom stereocenters. The van der Waals surface area contributed by atoms with Gasteiger partial charge in [-0.3, -0.25) is 9.59 Å². The molecule has 2 amide bonds. The topological polar surface area (TPSA) is 134 Å². The van der Waals surface area contributed by atoms with Crippen LogP contribution in [-0.4, -0.2) is 53.1 Å². The molecule has 0 aliphatic heterocycles. The summed E-state index contributed by atoms with van der Waals surface area (Å²) in [5.74, 6) is -1.86. The first-order valence-corrected chi connectivity index (χ1v) is 9.20. The SMILES string of the molecule is CC(C)[C@H](NC(C)(C)C)C(=O)N[C@@H](C)C(=O)N[C@@H](CCCCN)C(=O)O. The molecule has 0 unspecified atom stereocenters. The van der Waals surface area contributed by atoms with Crippen molar-refractivity contribution < 1.29 is 19.5 Å². The van der Waals surface area contributed by atoms with Crippen molar-refractivity contribution in [2.75, 3.05) is 6.54 Å². The van der Waals surface area contributed by atoms with Gasteiger partial charge in [-0.1, -0.05) is 13.8 Å². The molecule has 0 aliphatic rings. The van der Waals surface area contributed by atoms with E-state index in [9.17, 15) is 19.5 Å². The molecule has 0 heterocycles. The molecule has 0 rings (SSSR count). The lowest BCUT2D eigenvalue weighted by molar-refractivity contribution is -0.142. The number of carboxylic acid groups (broad SMARTS) is 1. The van der Waals surface area contributed by atoms with Crippen LogP contribution in [0.5, 0.6) is 0 Å². The predicted molar refractivity (Wildman–Crippen MR) is 102 cm³/mol. The Bertz CT molecular complexity index is 474. The number of nitrogens with one attached hydrogen (secondary N) is 3. The molecule has 6 N–H and O–H groups in total. The van der Waals surface area contributed by atoms with Crippen LogP contribution in [0.4, 0.5) is 0 Å². The average Bonchev–Trinajstić information content (AvgIpc) is 2.50. The zero-order valence-corrected chi connectivity index (χ0v) is 16.9. The van der Waals surface area contributed by atoms with Crippen molar-refractivity contribution in [3.05, 3.63) is 0 Å². The van der Waals surface area contributed by atoms with Crippen molar-refractivity contribution >= 4 is 17.8 Å². The highest BCUT2D eigenvalue weighted by molar-refractivity contribution is 5.91. The van der Waals surface area contributed by atoms with Crippen molar-refractivity contribution in [2.45, 2.75) is 84.5 Å². The molecule has 0 aliphatic carbocycles. The Balaban J connectivity index is 4.79. The maximum atomic E-state index is 12.5. The van der Waals surface area contributed by atoms with Gasteiger partial charge in [-0.25, -0.2) is 4.79 Å². The number of carboxylic acids is 1. The Labute approximate surface area is 156 Å². The van der Waals surface area contributed by atoms with Crippen molar-refractivity contribution in [3.8, 4) is 0 Å². The van der Waals surface area contributed by atoms with Gasteiger partial charge in [0, 0.05) is 5.54 Å². The zero-order valence-electron chi connectivity index (χ0n) is 16.9. The largest absolute Gasteiger partial charge is 0.480 e. The summed E-state index contributed by atoms with van der Waals surface area (Å²) in [7, 11) is 0. The van der Waals surface area contributed by atoms with Gasteiger partial charge in [-0.15, -0.1) is 0 Å². The molecule has 0 aromatic carbocycles. The minimum Gasteiger partial charge on any atom is -0.480 e. The van der Waals surface area contributed by atoms with Crippen LogP contribution in [0, 0.1) is 5.92 Å². The smallest absolute Gasteiger partial charge is 0.326 e. The summed E-state index contributed by atoms with van der Waals surface area (Å²) in [5.41, 5.74) is 5.15. The second-order valence-electron chi connectivity index (χ2n) is 8.03. The fourth-order valence-electron chi connectivity index (χ4n) is 2.42. The summed E-state index contributed by atoms with van der Waals surface area (Å²) >= 11 is 0. The lowest BCUT2D eigenvalue weighted by Crippen LogP contribution is -2.58. The third kappa shape index (κ3) is 9.72. The first-order chi connectivity index (χ1) is 11.9. The molecule has 0 spiro atoms. The number of unbranched alkanes of at least 4 members (excludes halogenated alkanes) is 1. The molecular formula is C18H36N4O4. The molecule has 0 fully saturated rings. The van der Waals surface area contributed by atoms with Crippen LogP contribution in [0.15, 0.2) is 0 Å². The van der Waals surface area contributed by atoms with E-state index in [4.69, 9.17) is 5.73 Å². The van der Waals surface area contributed by atoms with Gasteiger partial charge in [0.1, 0.15) is 12.1 Å². The summed E-state index contributed by atoms with van der Waals surface area (Å²) < 4.78 is 0. The van der Waals surface area contributed by atoms with Crippen LogP contribution in [0.3, 0.4) is 0 Å². The predicted octanol–water partition coefficient (Wildman–Crippen LogP) is 0.602. The second kappa shape index (κ2) is 11.1. The summed E-state index contributed by atoms with van der Waals surface area (Å²) in [5, 5.41) is 17.6. The summed E-state index contributed by atoms with van der Waals surface area (Å²) in [6.07, 6.45) is 1.61. The first kappa shape index (κ1) is 24.3. The summed E-state index contributed by atoms with van der Waals surface area (Å²) in [4.78, 5) is 36.1. The minimum atomic E-state index is -1.09. The Morgan fingerprint density at radius 3 is 2.00 bits per heavy atom. The van der Waals surface area contributed by atoms with E-state index in [-0.39, 0.29) is 17.4 Å². The lowest BCUT2D eigenvalue weighted by atomic mass is 9.98. The van der Waals surface area contributed by atoms with Gasteiger partial charge in [0.05, 0.1) is 6.04 Å². The monoisotopic (exact) mass is 372 g/mol. The van der Waals surface area contributed by atoms with E-state index in [2.05, 4.69) is 16.0 Å². The molecular weight excluding hydrogens is 336 g/mol. The fraction of sp³-hybridized carbons (Fsp3) is 0.833. The third-order valence-corrected chi connectivity index (χ3v) is 3.85. The number of nitrogens with two attached hydrogens (primary N) is 1. The van der Waals surface area contributed by atoms with Crippen molar-refractivity contribution in [3.63, 3.8) is 0 Å². The Morgan fingerprint density at radius 1 is 1.00 bits per heavy atom. The molecule has 8 heteroatoms. The van der Waals surface area contributed by atoms with Crippen LogP contribution in [-0.2, 0) is 14.4 Å². The highest BCUT2D eigenvalue weighted by atomic mass is 16.4. The van der Waals surface area contributed by atoms with E-state index >= 15 is 0 Å². The van der Waals surface area contributed by atoms with Gasteiger partial charge >= 0.3 is 5.97 Å². The molecule has 8 nitrogen and oxygen atoms in total. The van der Waals surface area contributed by atoms with Gasteiger partial charge in [0.15, 0.2) is 0 Å². The van der Waals surface area contributed by atoms with Crippen LogP contribution in [0.25, 0.3) is 0 Å². The first-order valence-electron chi connectivity index (χ1n) is 9.20. The number of aliphatic carboxylic acids is 1. The highest BCUT2D eigenvalue weighted by Gasteiger charge is 2.29. The normalized spacial score (nSPS) is 15.2.